The number of hydrogen-bond acceptors (Lipinski definition) is 5. The van der Waals surface area contributed by atoms with Crippen LogP contribution < -0.4 is 5.32 Å². The van der Waals surface area contributed by atoms with Gasteiger partial charge in [-0.25, -0.2) is 4.39 Å². The summed E-state index contributed by atoms with van der Waals surface area (Å²) in [5.74, 6) is 0.424. The van der Waals surface area contributed by atoms with Gasteiger partial charge >= 0.3 is 0 Å². The molecule has 1 amide bonds. The van der Waals surface area contributed by atoms with Crippen molar-refractivity contribution in [2.24, 2.45) is 0 Å². The molecule has 0 radical (unpaired) electrons. The molecule has 29 heavy (non-hydrogen) atoms. The molecule has 1 aromatic carbocycles. The van der Waals surface area contributed by atoms with Gasteiger partial charge in [-0.3, -0.25) is 14.3 Å². The first-order valence-electron chi connectivity index (χ1n) is 10.0. The maximum Gasteiger partial charge on any atom is 0.233 e. The monoisotopic (exact) mass is 417 g/mol. The van der Waals surface area contributed by atoms with Gasteiger partial charge in [-0.1, -0.05) is 24.3 Å². The van der Waals surface area contributed by atoms with Crippen LogP contribution in [0.25, 0.3) is 5.69 Å². The zero-order valence-corrected chi connectivity index (χ0v) is 17.8. The van der Waals surface area contributed by atoms with Crippen molar-refractivity contribution in [3.8, 4) is 5.69 Å². The predicted octanol–water partition coefficient (Wildman–Crippen LogP) is 3.74. The summed E-state index contributed by atoms with van der Waals surface area (Å²) in [5.41, 5.74) is 0.788. The van der Waals surface area contributed by atoms with Gasteiger partial charge < -0.3 is 5.32 Å². The van der Waals surface area contributed by atoms with Crippen molar-refractivity contribution in [2.45, 2.75) is 49.6 Å². The van der Waals surface area contributed by atoms with E-state index in [0.717, 1.165) is 24.6 Å². The third-order valence-corrected chi connectivity index (χ3v) is 6.17. The molecule has 2 heterocycles. The number of aromatic nitrogens is 3. The summed E-state index contributed by atoms with van der Waals surface area (Å²) in [6, 6.07) is 6.38. The molecule has 2 atom stereocenters. The molecule has 1 fully saturated rings. The molecule has 0 aliphatic carbocycles. The zero-order valence-electron chi connectivity index (χ0n) is 17.0. The van der Waals surface area contributed by atoms with Gasteiger partial charge in [0.25, 0.3) is 0 Å². The Hall–Kier alpha value is -2.19. The van der Waals surface area contributed by atoms with Crippen molar-refractivity contribution in [1.29, 1.82) is 0 Å². The fraction of sp³-hybridized carbons (Fsp3) is 0.476. The number of carbonyl (C=O) groups is 1. The van der Waals surface area contributed by atoms with Crippen LogP contribution in [0, 0.1) is 5.82 Å². The average Bonchev–Trinajstić information content (AvgIpc) is 3.16. The molecule has 1 saturated heterocycles. The van der Waals surface area contributed by atoms with E-state index in [1.54, 1.807) is 18.2 Å². The fourth-order valence-corrected chi connectivity index (χ4v) is 4.36. The summed E-state index contributed by atoms with van der Waals surface area (Å²) >= 11 is 1.34. The minimum Gasteiger partial charge on any atom is -0.352 e. The van der Waals surface area contributed by atoms with Gasteiger partial charge in [0.05, 0.1) is 11.3 Å². The molecule has 0 bridgehead atoms. The van der Waals surface area contributed by atoms with E-state index in [9.17, 15) is 9.18 Å². The van der Waals surface area contributed by atoms with Crippen LogP contribution in [0.2, 0.25) is 0 Å². The van der Waals surface area contributed by atoms with E-state index in [1.807, 2.05) is 11.5 Å². The number of piperidine rings is 1. The predicted molar refractivity (Wildman–Crippen MR) is 114 cm³/mol. The highest BCUT2D eigenvalue weighted by Gasteiger charge is 2.27. The Kier molecular flexibility index (Phi) is 7.44. The second-order valence-corrected chi connectivity index (χ2v) is 8.53. The molecule has 2 unspecified atom stereocenters. The maximum absolute atomic E-state index is 13.5. The number of hydrogen-bond donors (Lipinski definition) is 1. The van der Waals surface area contributed by atoms with E-state index in [4.69, 9.17) is 0 Å². The second kappa shape index (κ2) is 10.0. The van der Waals surface area contributed by atoms with Gasteiger partial charge in [-0.05, 0) is 64.0 Å². The quantitative estimate of drug-likeness (QED) is 0.524. The van der Waals surface area contributed by atoms with Crippen LogP contribution in [0.3, 0.4) is 0 Å². The highest BCUT2D eigenvalue weighted by Crippen LogP contribution is 2.31. The van der Waals surface area contributed by atoms with Crippen molar-refractivity contribution < 1.29 is 9.18 Å². The number of nitrogens with one attached hydrogen (secondary N) is 1. The van der Waals surface area contributed by atoms with Gasteiger partial charge in [0, 0.05) is 12.2 Å². The lowest BCUT2D eigenvalue weighted by Gasteiger charge is -2.32. The van der Waals surface area contributed by atoms with Gasteiger partial charge in [0.15, 0.2) is 11.0 Å². The molecule has 0 saturated carbocycles. The molecular weight excluding hydrogens is 389 g/mol. The van der Waals surface area contributed by atoms with E-state index in [0.29, 0.717) is 11.7 Å². The Morgan fingerprint density at radius 3 is 2.59 bits per heavy atom. The van der Waals surface area contributed by atoms with Crippen LogP contribution in [0.1, 0.15) is 45.0 Å². The standard InChI is InChI=1S/C21H28FN5OS/c1-4-12-23-20(28)16(3)29-21-25-24-19(15(2)26-13-6-5-7-14-26)27(21)18-10-8-17(22)9-11-18/h4,8-11,15-16H,1,5-7,12-14H2,2-3H3,(H,23,28). The van der Waals surface area contributed by atoms with Crippen molar-refractivity contribution in [1.82, 2.24) is 25.0 Å². The summed E-state index contributed by atoms with van der Waals surface area (Å²) in [4.78, 5) is 14.7. The number of likely N-dealkylation sites (tertiary alicyclic amines) is 1. The van der Waals surface area contributed by atoms with Crippen molar-refractivity contribution in [3.05, 3.63) is 48.6 Å². The molecule has 1 aromatic heterocycles. The number of carbonyl (C=O) groups excluding carboxylic acids is 1. The molecular formula is C21H28FN5OS. The van der Waals surface area contributed by atoms with E-state index in [1.165, 1.54) is 43.2 Å². The first kappa shape index (κ1) is 21.5. The van der Waals surface area contributed by atoms with Crippen LogP contribution in [-0.4, -0.2) is 50.5 Å². The Morgan fingerprint density at radius 1 is 1.24 bits per heavy atom. The molecule has 1 N–H and O–H groups in total. The largest absolute Gasteiger partial charge is 0.352 e. The van der Waals surface area contributed by atoms with Crippen LogP contribution in [-0.2, 0) is 4.79 Å². The minimum atomic E-state index is -0.350. The molecule has 0 spiro atoms. The van der Waals surface area contributed by atoms with Crippen LogP contribution in [0.5, 0.6) is 0 Å². The molecule has 2 aromatic rings. The fourth-order valence-electron chi connectivity index (χ4n) is 3.46. The number of benzene rings is 1. The normalized spacial score (nSPS) is 16.9. The number of amides is 1. The number of rotatable bonds is 8. The van der Waals surface area contributed by atoms with Gasteiger partial charge in [0.1, 0.15) is 5.82 Å². The van der Waals surface area contributed by atoms with E-state index < -0.39 is 0 Å². The SMILES string of the molecule is C=CCNC(=O)C(C)Sc1nnc(C(C)N2CCCCC2)n1-c1ccc(F)cc1. The summed E-state index contributed by atoms with van der Waals surface area (Å²) in [5, 5.41) is 11.9. The van der Waals surface area contributed by atoms with E-state index in [-0.39, 0.29) is 23.0 Å². The molecule has 8 heteroatoms. The lowest BCUT2D eigenvalue weighted by molar-refractivity contribution is -0.120. The Balaban J connectivity index is 1.91. The van der Waals surface area contributed by atoms with Crippen LogP contribution in [0.15, 0.2) is 42.1 Å². The average molecular weight is 418 g/mol. The highest BCUT2D eigenvalue weighted by molar-refractivity contribution is 8.00. The first-order valence-corrected chi connectivity index (χ1v) is 10.9. The summed E-state index contributed by atoms with van der Waals surface area (Å²) in [6.45, 7) is 10.1. The Labute approximate surface area is 175 Å². The van der Waals surface area contributed by atoms with Crippen LogP contribution in [0.4, 0.5) is 4.39 Å². The summed E-state index contributed by atoms with van der Waals surface area (Å²) in [7, 11) is 0. The van der Waals surface area contributed by atoms with Crippen LogP contribution >= 0.6 is 11.8 Å². The lowest BCUT2D eigenvalue weighted by atomic mass is 10.1. The number of halogens is 1. The third kappa shape index (κ3) is 5.25. The van der Waals surface area contributed by atoms with E-state index in [2.05, 4.69) is 33.9 Å². The number of nitrogens with zero attached hydrogens (tertiary/aromatic N) is 4. The molecule has 1 aliphatic rings. The smallest absolute Gasteiger partial charge is 0.233 e. The van der Waals surface area contributed by atoms with Gasteiger partial charge in [0.2, 0.25) is 5.91 Å². The van der Waals surface area contributed by atoms with Crippen molar-refractivity contribution in [2.75, 3.05) is 19.6 Å². The van der Waals surface area contributed by atoms with Gasteiger partial charge in [-0.15, -0.1) is 16.8 Å². The first-order chi connectivity index (χ1) is 14.0. The molecule has 1 aliphatic heterocycles. The Morgan fingerprint density at radius 2 is 1.93 bits per heavy atom. The number of thioether (sulfide) groups is 1. The highest BCUT2D eigenvalue weighted by atomic mass is 32.2. The second-order valence-electron chi connectivity index (χ2n) is 7.22. The lowest BCUT2D eigenvalue weighted by Crippen LogP contribution is -2.33. The molecule has 3 rings (SSSR count). The minimum absolute atomic E-state index is 0.0760. The van der Waals surface area contributed by atoms with Gasteiger partial charge in [-0.2, -0.15) is 0 Å². The van der Waals surface area contributed by atoms with E-state index >= 15 is 0 Å². The van der Waals surface area contributed by atoms with Crippen molar-refractivity contribution >= 4 is 17.7 Å². The van der Waals surface area contributed by atoms with Crippen molar-refractivity contribution in [3.63, 3.8) is 0 Å². The topological polar surface area (TPSA) is 63.1 Å². The maximum atomic E-state index is 13.5. The Bertz CT molecular complexity index is 832. The third-order valence-electron chi connectivity index (χ3n) is 5.13. The molecule has 6 nitrogen and oxygen atoms in total. The summed E-state index contributed by atoms with van der Waals surface area (Å²) < 4.78 is 15.4. The molecule has 156 valence electrons. The zero-order chi connectivity index (χ0) is 20.8. The summed E-state index contributed by atoms with van der Waals surface area (Å²) in [6.07, 6.45) is 5.26.